The van der Waals surface area contributed by atoms with E-state index in [1.165, 1.54) is 0 Å². The predicted molar refractivity (Wildman–Crippen MR) is 137 cm³/mol. The molecule has 1 fully saturated rings. The van der Waals surface area contributed by atoms with E-state index in [2.05, 4.69) is 9.80 Å². The molecule has 1 amide bonds. The Labute approximate surface area is 205 Å². The number of carbonyl (C=O) groups excluding carboxylic acids is 1. The van der Waals surface area contributed by atoms with Crippen LogP contribution < -0.4 is 14.5 Å². The molecule has 0 saturated carbocycles. The van der Waals surface area contributed by atoms with E-state index >= 15 is 0 Å². The summed E-state index contributed by atoms with van der Waals surface area (Å²) in [5.41, 5.74) is 2.97. The number of halogens is 1. The molecule has 5 rings (SSSR count). The SMILES string of the molecule is COc1ccccc1N1C(=O)C(Cc2ccccc2)N=C1N1CCN(c2ccc(Cl)cc2)CC1. The van der Waals surface area contributed by atoms with Crippen LogP contribution >= 0.6 is 11.6 Å². The Kier molecular flexibility index (Phi) is 6.41. The van der Waals surface area contributed by atoms with Crippen molar-refractivity contribution in [3.63, 3.8) is 0 Å². The van der Waals surface area contributed by atoms with Gasteiger partial charge in [-0.1, -0.05) is 54.1 Å². The zero-order chi connectivity index (χ0) is 23.5. The highest BCUT2D eigenvalue weighted by Gasteiger charge is 2.40. The number of ether oxygens (including phenoxy) is 1. The Hall–Kier alpha value is -3.51. The van der Waals surface area contributed by atoms with Crippen molar-refractivity contribution in [2.45, 2.75) is 12.5 Å². The summed E-state index contributed by atoms with van der Waals surface area (Å²) in [5.74, 6) is 1.33. The second-order valence-electron chi connectivity index (χ2n) is 8.43. The number of anilines is 2. The topological polar surface area (TPSA) is 48.4 Å². The van der Waals surface area contributed by atoms with Crippen LogP contribution in [0.25, 0.3) is 0 Å². The van der Waals surface area contributed by atoms with Crippen LogP contribution in [-0.4, -0.2) is 56.1 Å². The number of hydrogen-bond acceptors (Lipinski definition) is 5. The summed E-state index contributed by atoms with van der Waals surface area (Å²) in [6, 6.07) is 25.1. The molecular weight excluding hydrogens is 448 g/mol. The smallest absolute Gasteiger partial charge is 0.259 e. The van der Waals surface area contributed by atoms with Crippen LogP contribution in [0.5, 0.6) is 5.75 Å². The average Bonchev–Trinajstić information content (AvgIpc) is 3.20. The van der Waals surface area contributed by atoms with Gasteiger partial charge in [0.25, 0.3) is 5.91 Å². The predicted octanol–water partition coefficient (Wildman–Crippen LogP) is 4.48. The first kappa shape index (κ1) is 22.3. The normalized spacial score (nSPS) is 18.3. The van der Waals surface area contributed by atoms with Crippen LogP contribution in [-0.2, 0) is 11.2 Å². The zero-order valence-corrected chi connectivity index (χ0v) is 19.9. The Morgan fingerprint density at radius 2 is 1.53 bits per heavy atom. The summed E-state index contributed by atoms with van der Waals surface area (Å²) in [4.78, 5) is 24.9. The van der Waals surface area contributed by atoms with E-state index in [-0.39, 0.29) is 5.91 Å². The third-order valence-corrected chi connectivity index (χ3v) is 6.58. The van der Waals surface area contributed by atoms with Gasteiger partial charge in [-0.05, 0) is 42.0 Å². The lowest BCUT2D eigenvalue weighted by molar-refractivity contribution is -0.118. The molecule has 0 spiro atoms. The number of carbonyl (C=O) groups is 1. The van der Waals surface area contributed by atoms with Crippen molar-refractivity contribution in [1.29, 1.82) is 0 Å². The van der Waals surface area contributed by atoms with Crippen molar-refractivity contribution < 1.29 is 9.53 Å². The van der Waals surface area contributed by atoms with Crippen molar-refractivity contribution in [1.82, 2.24) is 4.90 Å². The van der Waals surface area contributed by atoms with Crippen molar-refractivity contribution in [3.8, 4) is 5.75 Å². The summed E-state index contributed by atoms with van der Waals surface area (Å²) in [5, 5.41) is 0.734. The third kappa shape index (κ3) is 4.46. The van der Waals surface area contributed by atoms with Gasteiger partial charge >= 0.3 is 0 Å². The molecule has 1 unspecified atom stereocenters. The lowest BCUT2D eigenvalue weighted by atomic mass is 10.1. The number of piperazine rings is 1. The molecule has 0 aromatic heterocycles. The van der Waals surface area contributed by atoms with Gasteiger partial charge in [-0.2, -0.15) is 0 Å². The number of guanidine groups is 1. The Bertz CT molecular complexity index is 1170. The molecule has 2 heterocycles. The van der Waals surface area contributed by atoms with Gasteiger partial charge in [-0.3, -0.25) is 4.79 Å². The largest absolute Gasteiger partial charge is 0.495 e. The van der Waals surface area contributed by atoms with Gasteiger partial charge in [0.1, 0.15) is 11.8 Å². The Morgan fingerprint density at radius 1 is 0.882 bits per heavy atom. The molecule has 174 valence electrons. The molecule has 0 aliphatic carbocycles. The maximum absolute atomic E-state index is 13.7. The molecule has 6 nitrogen and oxygen atoms in total. The molecule has 0 radical (unpaired) electrons. The first-order chi connectivity index (χ1) is 16.6. The molecule has 0 bridgehead atoms. The van der Waals surface area contributed by atoms with E-state index in [1.807, 2.05) is 78.9 Å². The van der Waals surface area contributed by atoms with Gasteiger partial charge < -0.3 is 14.5 Å². The van der Waals surface area contributed by atoms with Crippen molar-refractivity contribution in [2.75, 3.05) is 43.1 Å². The standard InChI is InChI=1S/C27H27ClN4O2/c1-34-25-10-6-5-9-24(25)32-26(33)23(19-20-7-3-2-4-8-20)29-27(32)31-17-15-30(16-18-31)22-13-11-21(28)12-14-22/h2-14,23H,15-19H2,1H3. The molecule has 2 aliphatic heterocycles. The first-order valence-electron chi connectivity index (χ1n) is 11.5. The minimum atomic E-state index is -0.461. The average molecular weight is 475 g/mol. The highest BCUT2D eigenvalue weighted by Crippen LogP contribution is 2.33. The van der Waals surface area contributed by atoms with Gasteiger partial charge in [0.2, 0.25) is 5.96 Å². The van der Waals surface area contributed by atoms with Gasteiger partial charge in [0.15, 0.2) is 0 Å². The van der Waals surface area contributed by atoms with E-state index in [0.29, 0.717) is 18.1 Å². The molecule has 0 N–H and O–H groups in total. The summed E-state index contributed by atoms with van der Waals surface area (Å²) in [6.45, 7) is 3.19. The van der Waals surface area contributed by atoms with Gasteiger partial charge in [-0.15, -0.1) is 0 Å². The number of nitrogens with zero attached hydrogens (tertiary/aromatic N) is 4. The van der Waals surface area contributed by atoms with Crippen molar-refractivity contribution in [2.24, 2.45) is 4.99 Å². The molecule has 1 atom stereocenters. The van der Waals surface area contributed by atoms with Crippen LogP contribution in [0.4, 0.5) is 11.4 Å². The fourth-order valence-electron chi connectivity index (χ4n) is 4.55. The number of hydrogen-bond donors (Lipinski definition) is 0. The molecule has 34 heavy (non-hydrogen) atoms. The maximum Gasteiger partial charge on any atom is 0.259 e. The fraction of sp³-hybridized carbons (Fsp3) is 0.259. The Balaban J connectivity index is 1.41. The maximum atomic E-state index is 13.7. The fourth-order valence-corrected chi connectivity index (χ4v) is 4.68. The number of amides is 1. The lowest BCUT2D eigenvalue weighted by Gasteiger charge is -2.38. The zero-order valence-electron chi connectivity index (χ0n) is 19.1. The molecule has 7 heteroatoms. The Morgan fingerprint density at radius 3 is 2.24 bits per heavy atom. The van der Waals surface area contributed by atoms with E-state index < -0.39 is 6.04 Å². The second kappa shape index (κ2) is 9.77. The highest BCUT2D eigenvalue weighted by molar-refractivity contribution is 6.30. The molecule has 3 aromatic rings. The summed E-state index contributed by atoms with van der Waals surface area (Å²) < 4.78 is 5.59. The molecular formula is C27H27ClN4O2. The van der Waals surface area contributed by atoms with Gasteiger partial charge in [-0.25, -0.2) is 9.89 Å². The third-order valence-electron chi connectivity index (χ3n) is 6.33. The van der Waals surface area contributed by atoms with E-state index in [4.69, 9.17) is 21.3 Å². The van der Waals surface area contributed by atoms with Crippen LogP contribution in [0.3, 0.4) is 0 Å². The van der Waals surface area contributed by atoms with Crippen molar-refractivity contribution >= 4 is 34.8 Å². The van der Waals surface area contributed by atoms with Gasteiger partial charge in [0.05, 0.1) is 12.8 Å². The second-order valence-corrected chi connectivity index (χ2v) is 8.87. The first-order valence-corrected chi connectivity index (χ1v) is 11.9. The van der Waals surface area contributed by atoms with E-state index in [0.717, 1.165) is 48.1 Å². The summed E-state index contributed by atoms with van der Waals surface area (Å²) in [6.07, 6.45) is 0.569. The molecule has 1 saturated heterocycles. The van der Waals surface area contributed by atoms with E-state index in [1.54, 1.807) is 12.0 Å². The molecule has 3 aromatic carbocycles. The van der Waals surface area contributed by atoms with Crippen molar-refractivity contribution in [3.05, 3.63) is 89.4 Å². The number of aliphatic imine (C=N–C) groups is 1. The minimum absolute atomic E-state index is 0.0246. The lowest BCUT2D eigenvalue weighted by Crippen LogP contribution is -2.53. The summed E-state index contributed by atoms with van der Waals surface area (Å²) in [7, 11) is 1.63. The van der Waals surface area contributed by atoms with E-state index in [9.17, 15) is 4.79 Å². The highest BCUT2D eigenvalue weighted by atomic mass is 35.5. The molecule has 2 aliphatic rings. The van der Waals surface area contributed by atoms with Crippen LogP contribution in [0, 0.1) is 0 Å². The van der Waals surface area contributed by atoms with Crippen LogP contribution in [0.15, 0.2) is 83.9 Å². The number of benzene rings is 3. The minimum Gasteiger partial charge on any atom is -0.495 e. The number of methoxy groups -OCH3 is 1. The number of rotatable bonds is 5. The number of para-hydroxylation sites is 2. The quantitative estimate of drug-likeness (QED) is 0.547. The van der Waals surface area contributed by atoms with Gasteiger partial charge in [0, 0.05) is 43.3 Å². The monoisotopic (exact) mass is 474 g/mol. The van der Waals surface area contributed by atoms with Crippen LogP contribution in [0.2, 0.25) is 5.02 Å². The summed E-state index contributed by atoms with van der Waals surface area (Å²) >= 11 is 6.05. The van der Waals surface area contributed by atoms with Crippen LogP contribution in [0.1, 0.15) is 5.56 Å².